The highest BCUT2D eigenvalue weighted by Gasteiger charge is 2.17. The molecular weight excluding hydrogens is 412 g/mol. The van der Waals surface area contributed by atoms with Crippen molar-refractivity contribution < 1.29 is 4.74 Å². The Hall–Kier alpha value is -4.22. The fraction of sp³-hybridized carbons (Fsp3) is 0.0435. The normalized spacial score (nSPS) is 11.0. The molecule has 1 N–H and O–H groups in total. The van der Waals surface area contributed by atoms with Gasteiger partial charge in [0.1, 0.15) is 10.4 Å². The van der Waals surface area contributed by atoms with Crippen molar-refractivity contribution in [3.63, 3.8) is 0 Å². The molecule has 0 saturated carbocycles. The van der Waals surface area contributed by atoms with Crippen molar-refractivity contribution in [1.82, 2.24) is 14.5 Å². The number of thiophene rings is 1. The first kappa shape index (κ1) is 18.8. The Morgan fingerprint density at radius 1 is 1.13 bits per heavy atom. The summed E-state index contributed by atoms with van der Waals surface area (Å²) in [6.07, 6.45) is 3.20. The predicted octanol–water partition coefficient (Wildman–Crippen LogP) is 3.84. The van der Waals surface area contributed by atoms with Crippen LogP contribution in [0.25, 0.3) is 37.1 Å². The number of benzene rings is 2. The third-order valence-corrected chi connectivity index (χ3v) is 6.23. The molecule has 0 radical (unpaired) electrons. The minimum atomic E-state index is -0.550. The van der Waals surface area contributed by atoms with Gasteiger partial charge in [0.05, 0.1) is 36.1 Å². The highest BCUT2D eigenvalue weighted by Crippen LogP contribution is 2.35. The summed E-state index contributed by atoms with van der Waals surface area (Å²) in [6, 6.07) is 16.4. The topological polar surface area (TPSA) is 101 Å². The Balaban J connectivity index is 1.78. The number of ether oxygens (including phenoxy) is 1. The molecule has 0 aliphatic carbocycles. The highest BCUT2D eigenvalue weighted by molar-refractivity contribution is 7.22. The van der Waals surface area contributed by atoms with Crippen LogP contribution in [0.1, 0.15) is 5.56 Å². The molecule has 0 bridgehead atoms. The molecule has 0 aliphatic heterocycles. The number of nitrogens with zero attached hydrogens (tertiary/aromatic N) is 3. The van der Waals surface area contributed by atoms with Gasteiger partial charge in [0.25, 0.3) is 5.56 Å². The van der Waals surface area contributed by atoms with Gasteiger partial charge >= 0.3 is 5.69 Å². The third kappa shape index (κ3) is 2.99. The van der Waals surface area contributed by atoms with Crippen LogP contribution in [0.4, 0.5) is 0 Å². The second-order valence-corrected chi connectivity index (χ2v) is 7.88. The first-order chi connectivity index (χ1) is 15.1. The van der Waals surface area contributed by atoms with Gasteiger partial charge in [0.2, 0.25) is 0 Å². The molecule has 3 heterocycles. The van der Waals surface area contributed by atoms with E-state index in [1.807, 2.05) is 24.3 Å². The molecule has 8 heteroatoms. The maximum Gasteiger partial charge on any atom is 0.333 e. The monoisotopic (exact) mass is 426 g/mol. The second kappa shape index (κ2) is 7.23. The predicted molar refractivity (Wildman–Crippen MR) is 120 cm³/mol. The zero-order valence-electron chi connectivity index (χ0n) is 16.2. The Morgan fingerprint density at radius 2 is 1.97 bits per heavy atom. The molecule has 2 aromatic carbocycles. The summed E-state index contributed by atoms with van der Waals surface area (Å²) in [5.74, 6) is 0.596. The molecule has 0 spiro atoms. The number of nitriles is 1. The van der Waals surface area contributed by atoms with E-state index in [2.05, 4.69) is 16.0 Å². The van der Waals surface area contributed by atoms with Gasteiger partial charge in [-0.25, -0.2) is 9.36 Å². The van der Waals surface area contributed by atoms with E-state index in [1.54, 1.807) is 37.6 Å². The van der Waals surface area contributed by atoms with E-state index in [0.717, 1.165) is 15.3 Å². The van der Waals surface area contributed by atoms with Crippen LogP contribution in [-0.2, 0) is 0 Å². The molecule has 0 fully saturated rings. The van der Waals surface area contributed by atoms with Gasteiger partial charge in [-0.05, 0) is 24.3 Å². The van der Waals surface area contributed by atoms with E-state index >= 15 is 0 Å². The molecule has 0 unspecified atom stereocenters. The molecule has 0 aliphatic rings. The van der Waals surface area contributed by atoms with Gasteiger partial charge in [0, 0.05) is 27.4 Å². The number of pyridine rings is 1. The number of hydrogen-bond donors (Lipinski definition) is 1. The van der Waals surface area contributed by atoms with Gasteiger partial charge < -0.3 is 9.72 Å². The minimum absolute atomic E-state index is 0.384. The lowest BCUT2D eigenvalue weighted by Crippen LogP contribution is -2.33. The molecule has 5 rings (SSSR count). The van der Waals surface area contributed by atoms with Crippen molar-refractivity contribution in [3.05, 3.63) is 87.3 Å². The van der Waals surface area contributed by atoms with E-state index < -0.39 is 11.2 Å². The number of nitrogens with one attached hydrogen (secondary N) is 1. The maximum absolute atomic E-state index is 13.4. The molecular formula is C23H14N4O3S. The Labute approximate surface area is 179 Å². The van der Waals surface area contributed by atoms with Crippen LogP contribution in [0.3, 0.4) is 0 Å². The van der Waals surface area contributed by atoms with Gasteiger partial charge in [-0.1, -0.05) is 24.3 Å². The third-order valence-electron chi connectivity index (χ3n) is 5.07. The minimum Gasteiger partial charge on any atom is -0.497 e. The van der Waals surface area contributed by atoms with Crippen LogP contribution < -0.4 is 16.0 Å². The van der Waals surface area contributed by atoms with Gasteiger partial charge in [-0.15, -0.1) is 11.3 Å². The van der Waals surface area contributed by atoms with E-state index in [0.29, 0.717) is 37.7 Å². The highest BCUT2D eigenvalue weighted by atomic mass is 32.1. The Kier molecular flexibility index (Phi) is 4.38. The van der Waals surface area contributed by atoms with Crippen LogP contribution in [-0.4, -0.2) is 21.6 Å². The summed E-state index contributed by atoms with van der Waals surface area (Å²) in [7, 11) is 1.55. The van der Waals surface area contributed by atoms with E-state index in [9.17, 15) is 14.9 Å². The number of methoxy groups -OCH3 is 1. The molecule has 150 valence electrons. The Bertz CT molecular complexity index is 1630. The number of aromatic nitrogens is 3. The zero-order chi connectivity index (χ0) is 21.5. The molecule has 0 atom stereocenters. The molecule has 7 nitrogen and oxygen atoms in total. The summed E-state index contributed by atoms with van der Waals surface area (Å²) in [5, 5.41) is 11.1. The van der Waals surface area contributed by atoms with Gasteiger partial charge in [0.15, 0.2) is 0 Å². The summed E-state index contributed by atoms with van der Waals surface area (Å²) >= 11 is 1.22. The lowest BCUT2D eigenvalue weighted by Gasteiger charge is -2.07. The van der Waals surface area contributed by atoms with Crippen LogP contribution in [0, 0.1) is 11.3 Å². The van der Waals surface area contributed by atoms with E-state index in [1.165, 1.54) is 17.5 Å². The second-order valence-electron chi connectivity index (χ2n) is 6.83. The number of hydrogen-bond acceptors (Lipinski definition) is 6. The van der Waals surface area contributed by atoms with Crippen LogP contribution >= 0.6 is 11.3 Å². The molecule has 0 amide bonds. The Morgan fingerprint density at radius 3 is 2.77 bits per heavy atom. The fourth-order valence-electron chi connectivity index (χ4n) is 3.59. The molecule has 0 saturated heterocycles. The quantitative estimate of drug-likeness (QED) is 0.472. The lowest BCUT2D eigenvalue weighted by molar-refractivity contribution is 0.415. The number of rotatable bonds is 3. The molecule has 5 aromatic rings. The maximum atomic E-state index is 13.4. The van der Waals surface area contributed by atoms with Crippen LogP contribution in [0.5, 0.6) is 5.75 Å². The fourth-order valence-corrected chi connectivity index (χ4v) is 4.66. The largest absolute Gasteiger partial charge is 0.497 e. The van der Waals surface area contributed by atoms with Crippen molar-refractivity contribution in [3.8, 4) is 27.9 Å². The van der Waals surface area contributed by atoms with Crippen molar-refractivity contribution in [2.75, 3.05) is 7.11 Å². The molecule has 3 aromatic heterocycles. The van der Waals surface area contributed by atoms with Crippen molar-refractivity contribution in [2.24, 2.45) is 0 Å². The lowest BCUT2D eigenvalue weighted by atomic mass is 10.1. The summed E-state index contributed by atoms with van der Waals surface area (Å²) < 4.78 is 6.76. The van der Waals surface area contributed by atoms with Crippen LogP contribution in [0.15, 0.2) is 70.5 Å². The van der Waals surface area contributed by atoms with Gasteiger partial charge in [-0.3, -0.25) is 9.78 Å². The smallest absolute Gasteiger partial charge is 0.333 e. The standard InChI is InChI=1S/C23H14N4O3S/c1-30-15-7-6-13(10-24)17(8-15)20-9-18-21(31-20)22(28)27(23(29)26-18)19-12-25-11-14-4-2-3-5-16(14)19/h2-9,11-12H,1H3,(H,26,29). The number of aromatic amines is 1. The van der Waals surface area contributed by atoms with Gasteiger partial charge in [-0.2, -0.15) is 5.26 Å². The van der Waals surface area contributed by atoms with Crippen molar-refractivity contribution in [1.29, 1.82) is 5.26 Å². The number of fused-ring (bicyclic) bond motifs is 2. The first-order valence-corrected chi connectivity index (χ1v) is 10.1. The average molecular weight is 426 g/mol. The van der Waals surface area contributed by atoms with Crippen molar-refractivity contribution >= 4 is 32.3 Å². The first-order valence-electron chi connectivity index (χ1n) is 9.31. The summed E-state index contributed by atoms with van der Waals surface area (Å²) in [5.41, 5.74) is 0.946. The number of H-pyrrole nitrogens is 1. The summed E-state index contributed by atoms with van der Waals surface area (Å²) in [4.78, 5) is 33.9. The zero-order valence-corrected chi connectivity index (χ0v) is 17.1. The summed E-state index contributed by atoms with van der Waals surface area (Å²) in [6.45, 7) is 0. The van der Waals surface area contributed by atoms with Crippen molar-refractivity contribution in [2.45, 2.75) is 0 Å². The average Bonchev–Trinajstić information content (AvgIpc) is 3.23. The SMILES string of the molecule is COc1ccc(C#N)c(-c2cc3[nH]c(=O)n(-c4cncc5ccccc45)c(=O)c3s2)c1. The van der Waals surface area contributed by atoms with E-state index in [4.69, 9.17) is 4.74 Å². The van der Waals surface area contributed by atoms with E-state index in [-0.39, 0.29) is 0 Å². The molecule has 31 heavy (non-hydrogen) atoms. The van der Waals surface area contributed by atoms with Crippen LogP contribution in [0.2, 0.25) is 0 Å².